The van der Waals surface area contributed by atoms with Gasteiger partial charge in [-0.25, -0.2) is 12.8 Å². The van der Waals surface area contributed by atoms with Crippen molar-refractivity contribution in [1.29, 1.82) is 0 Å². The van der Waals surface area contributed by atoms with Gasteiger partial charge in [-0.2, -0.15) is 0 Å². The average Bonchev–Trinajstić information content (AvgIpc) is 2.79. The van der Waals surface area contributed by atoms with Crippen molar-refractivity contribution in [3.8, 4) is 0 Å². The molecule has 1 atom stereocenters. The molecule has 0 aliphatic carbocycles. The molecule has 146 valence electrons. The number of anilines is 1. The number of hydrogen-bond donors (Lipinski definition) is 2. The summed E-state index contributed by atoms with van der Waals surface area (Å²) < 4.78 is 42.9. The zero-order valence-electron chi connectivity index (χ0n) is 14.9. The fraction of sp³-hybridized carbons (Fsp3) is 0.647. The fourth-order valence-electron chi connectivity index (χ4n) is 3.42. The Morgan fingerprint density at radius 3 is 2.69 bits per heavy atom. The summed E-state index contributed by atoms with van der Waals surface area (Å²) in [6, 6.07) is 4.05. The number of aliphatic hydroxyl groups is 1. The first-order valence-electron chi connectivity index (χ1n) is 8.75. The van der Waals surface area contributed by atoms with E-state index < -0.39 is 21.3 Å². The predicted molar refractivity (Wildman–Crippen MR) is 96.8 cm³/mol. The smallest absolute Gasteiger partial charge is 0.175 e. The monoisotopic (exact) mass is 387 g/mol. The van der Waals surface area contributed by atoms with Gasteiger partial charge in [0, 0.05) is 52.1 Å². The Morgan fingerprint density at radius 1 is 1.31 bits per heavy atom. The molecule has 0 amide bonds. The SMILES string of the molecule is CS(=O)(=O)c1ccc(N2CCN(CC3(O)CNCCOC3)CC2)c(F)c1. The number of β-amino-alcohol motifs (C(OH)–C–C–N with tert-alkyl or cyclic N) is 1. The van der Waals surface area contributed by atoms with Gasteiger partial charge in [0.25, 0.3) is 0 Å². The molecule has 26 heavy (non-hydrogen) atoms. The molecule has 2 aliphatic heterocycles. The van der Waals surface area contributed by atoms with Crippen molar-refractivity contribution in [2.75, 3.05) is 70.2 Å². The van der Waals surface area contributed by atoms with Gasteiger partial charge in [0.2, 0.25) is 0 Å². The number of hydrogen-bond acceptors (Lipinski definition) is 7. The van der Waals surface area contributed by atoms with Gasteiger partial charge < -0.3 is 20.1 Å². The molecule has 2 saturated heterocycles. The number of ether oxygens (including phenoxy) is 1. The second kappa shape index (κ2) is 7.77. The van der Waals surface area contributed by atoms with E-state index in [0.29, 0.717) is 58.2 Å². The minimum Gasteiger partial charge on any atom is -0.385 e. The van der Waals surface area contributed by atoms with Crippen molar-refractivity contribution in [2.45, 2.75) is 10.5 Å². The van der Waals surface area contributed by atoms with Crippen LogP contribution in [0.2, 0.25) is 0 Å². The van der Waals surface area contributed by atoms with Crippen molar-refractivity contribution in [1.82, 2.24) is 10.2 Å². The molecule has 2 aliphatic rings. The van der Waals surface area contributed by atoms with Crippen LogP contribution < -0.4 is 10.2 Å². The van der Waals surface area contributed by atoms with Crippen LogP contribution in [0.25, 0.3) is 0 Å². The van der Waals surface area contributed by atoms with Crippen LogP contribution in [0.3, 0.4) is 0 Å². The van der Waals surface area contributed by atoms with E-state index >= 15 is 0 Å². The van der Waals surface area contributed by atoms with E-state index in [1.807, 2.05) is 4.90 Å². The summed E-state index contributed by atoms with van der Waals surface area (Å²) >= 11 is 0. The Morgan fingerprint density at radius 2 is 2.04 bits per heavy atom. The summed E-state index contributed by atoms with van der Waals surface area (Å²) in [5, 5.41) is 13.9. The number of halogens is 1. The van der Waals surface area contributed by atoms with E-state index in [0.717, 1.165) is 18.9 Å². The van der Waals surface area contributed by atoms with Gasteiger partial charge in [-0.1, -0.05) is 0 Å². The second-order valence-electron chi connectivity index (χ2n) is 7.10. The van der Waals surface area contributed by atoms with Crippen LogP contribution in [0.15, 0.2) is 23.1 Å². The van der Waals surface area contributed by atoms with E-state index in [1.54, 1.807) is 0 Å². The lowest BCUT2D eigenvalue weighted by Gasteiger charge is -2.39. The third kappa shape index (κ3) is 4.72. The van der Waals surface area contributed by atoms with E-state index in [4.69, 9.17) is 4.74 Å². The molecule has 3 rings (SSSR count). The largest absolute Gasteiger partial charge is 0.385 e. The normalized spacial score (nSPS) is 25.9. The van der Waals surface area contributed by atoms with Gasteiger partial charge >= 0.3 is 0 Å². The summed E-state index contributed by atoms with van der Waals surface area (Å²) in [5.41, 5.74) is -0.503. The van der Waals surface area contributed by atoms with Crippen LogP contribution >= 0.6 is 0 Å². The first kappa shape index (κ1) is 19.5. The maximum atomic E-state index is 14.4. The van der Waals surface area contributed by atoms with Gasteiger partial charge in [-0.15, -0.1) is 0 Å². The van der Waals surface area contributed by atoms with Crippen LogP contribution in [0, 0.1) is 5.82 Å². The summed E-state index contributed by atoms with van der Waals surface area (Å²) in [7, 11) is -3.42. The first-order chi connectivity index (χ1) is 12.3. The first-order valence-corrected chi connectivity index (χ1v) is 10.6. The molecule has 0 radical (unpaired) electrons. The summed E-state index contributed by atoms with van der Waals surface area (Å²) in [6.07, 6.45) is 1.07. The zero-order chi connectivity index (χ0) is 18.8. The van der Waals surface area contributed by atoms with Crippen LogP contribution in [0.5, 0.6) is 0 Å². The Bertz CT molecular complexity index is 728. The Hall–Kier alpha value is -1.26. The van der Waals surface area contributed by atoms with Gasteiger partial charge in [0.15, 0.2) is 9.84 Å². The van der Waals surface area contributed by atoms with Crippen molar-refractivity contribution < 1.29 is 22.7 Å². The highest BCUT2D eigenvalue weighted by Gasteiger charge is 2.32. The predicted octanol–water partition coefficient (Wildman–Crippen LogP) is -0.298. The summed E-state index contributed by atoms with van der Waals surface area (Å²) in [6.45, 7) is 5.24. The molecular weight excluding hydrogens is 361 g/mol. The van der Waals surface area contributed by atoms with Gasteiger partial charge in [0.05, 0.1) is 23.8 Å². The minimum absolute atomic E-state index is 0.0135. The highest BCUT2D eigenvalue weighted by Crippen LogP contribution is 2.24. The van der Waals surface area contributed by atoms with Crippen LogP contribution in [-0.4, -0.2) is 89.3 Å². The average molecular weight is 387 g/mol. The molecule has 2 N–H and O–H groups in total. The number of nitrogens with one attached hydrogen (secondary N) is 1. The van der Waals surface area contributed by atoms with Crippen molar-refractivity contribution in [3.63, 3.8) is 0 Å². The number of nitrogens with zero attached hydrogens (tertiary/aromatic N) is 2. The topological polar surface area (TPSA) is 82.1 Å². The molecule has 2 heterocycles. The molecule has 1 aromatic carbocycles. The molecule has 7 nitrogen and oxygen atoms in total. The third-order valence-corrected chi connectivity index (χ3v) is 5.94. The van der Waals surface area contributed by atoms with Crippen LogP contribution in [0.1, 0.15) is 0 Å². The van der Waals surface area contributed by atoms with Crippen LogP contribution in [-0.2, 0) is 14.6 Å². The van der Waals surface area contributed by atoms with Crippen molar-refractivity contribution in [3.05, 3.63) is 24.0 Å². The molecule has 1 aromatic rings. The molecule has 2 fully saturated rings. The fourth-order valence-corrected chi connectivity index (χ4v) is 4.05. The van der Waals surface area contributed by atoms with Gasteiger partial charge in [-0.05, 0) is 18.2 Å². The van der Waals surface area contributed by atoms with Gasteiger partial charge in [-0.3, -0.25) is 4.90 Å². The second-order valence-corrected chi connectivity index (χ2v) is 9.12. The Balaban J connectivity index is 1.60. The number of piperazine rings is 1. The lowest BCUT2D eigenvalue weighted by atomic mass is 10.0. The van der Waals surface area contributed by atoms with E-state index in [2.05, 4.69) is 10.2 Å². The lowest BCUT2D eigenvalue weighted by molar-refractivity contribution is -0.0495. The van der Waals surface area contributed by atoms with E-state index in [1.165, 1.54) is 12.1 Å². The molecule has 0 aromatic heterocycles. The van der Waals surface area contributed by atoms with Crippen molar-refractivity contribution in [2.24, 2.45) is 0 Å². The van der Waals surface area contributed by atoms with Crippen LogP contribution in [0.4, 0.5) is 10.1 Å². The molecule has 0 saturated carbocycles. The highest BCUT2D eigenvalue weighted by atomic mass is 32.2. The number of rotatable bonds is 4. The maximum Gasteiger partial charge on any atom is 0.175 e. The Labute approximate surface area is 153 Å². The summed E-state index contributed by atoms with van der Waals surface area (Å²) in [5.74, 6) is -0.527. The third-order valence-electron chi connectivity index (χ3n) is 4.83. The highest BCUT2D eigenvalue weighted by molar-refractivity contribution is 7.90. The van der Waals surface area contributed by atoms with E-state index in [9.17, 15) is 17.9 Å². The zero-order valence-corrected chi connectivity index (χ0v) is 15.8. The quantitative estimate of drug-likeness (QED) is 0.734. The Kier molecular flexibility index (Phi) is 5.83. The van der Waals surface area contributed by atoms with E-state index in [-0.39, 0.29) is 4.90 Å². The minimum atomic E-state index is -3.42. The molecule has 9 heteroatoms. The lowest BCUT2D eigenvalue weighted by Crippen LogP contribution is -2.56. The molecule has 1 unspecified atom stereocenters. The molecule has 0 bridgehead atoms. The summed E-state index contributed by atoms with van der Waals surface area (Å²) in [4.78, 5) is 4.04. The number of benzene rings is 1. The number of sulfone groups is 1. The van der Waals surface area contributed by atoms with Gasteiger partial charge in [0.1, 0.15) is 11.4 Å². The molecule has 0 spiro atoms. The molecular formula is C17H26FN3O4S. The standard InChI is InChI=1S/C17H26FN3O4S/c1-26(23,24)14-2-3-16(15(18)10-14)21-7-5-20(6-8-21)12-17(22)11-19-4-9-25-13-17/h2-3,10,19,22H,4-9,11-13H2,1H3. The maximum absolute atomic E-state index is 14.4. The van der Waals surface area contributed by atoms with Crippen molar-refractivity contribution >= 4 is 15.5 Å².